The zero-order valence-electron chi connectivity index (χ0n) is 14.0. The van der Waals surface area contributed by atoms with E-state index < -0.39 is 9.84 Å². The molecule has 2 aromatic carbocycles. The molecule has 0 saturated heterocycles. The molecule has 0 aliphatic rings. The van der Waals surface area contributed by atoms with Gasteiger partial charge < -0.3 is 11.1 Å². The summed E-state index contributed by atoms with van der Waals surface area (Å²) in [5.74, 6) is -0.227. The lowest BCUT2D eigenvalue weighted by atomic mass is 10.1. The Morgan fingerprint density at radius 1 is 1.12 bits per heavy atom. The molecule has 136 valence electrons. The van der Waals surface area contributed by atoms with Crippen LogP contribution in [0.2, 0.25) is 0 Å². The number of hydrogen-bond donors (Lipinski definition) is 2. The minimum atomic E-state index is -3.51. The van der Waals surface area contributed by atoms with Crippen molar-refractivity contribution in [2.24, 2.45) is 11.7 Å². The van der Waals surface area contributed by atoms with Gasteiger partial charge in [0.2, 0.25) is 0 Å². The summed E-state index contributed by atoms with van der Waals surface area (Å²) >= 11 is 0. The highest BCUT2D eigenvalue weighted by Gasteiger charge is 2.17. The second-order valence-electron chi connectivity index (χ2n) is 5.82. The molecule has 0 fully saturated rings. The van der Waals surface area contributed by atoms with E-state index in [1.54, 1.807) is 36.4 Å². The van der Waals surface area contributed by atoms with Crippen LogP contribution in [0.3, 0.4) is 0 Å². The van der Waals surface area contributed by atoms with E-state index in [0.29, 0.717) is 24.2 Å². The van der Waals surface area contributed by atoms with Crippen LogP contribution in [0.5, 0.6) is 0 Å². The second-order valence-corrected chi connectivity index (χ2v) is 7.81. The van der Waals surface area contributed by atoms with Crippen molar-refractivity contribution in [1.82, 2.24) is 5.32 Å². The van der Waals surface area contributed by atoms with Crippen molar-refractivity contribution >= 4 is 28.2 Å². The maximum atomic E-state index is 12.5. The van der Waals surface area contributed by atoms with Gasteiger partial charge in [-0.1, -0.05) is 43.3 Å². The lowest BCUT2D eigenvalue weighted by Crippen LogP contribution is -2.31. The van der Waals surface area contributed by atoms with Gasteiger partial charge in [0, 0.05) is 12.1 Å². The first-order valence-corrected chi connectivity index (χ1v) is 9.42. The fraction of sp³-hybridized carbons (Fsp3) is 0.278. The summed E-state index contributed by atoms with van der Waals surface area (Å²) in [6.07, 6.45) is 0. The third-order valence-electron chi connectivity index (χ3n) is 3.67. The average molecular weight is 383 g/mol. The first-order valence-electron chi connectivity index (χ1n) is 7.77. The summed E-state index contributed by atoms with van der Waals surface area (Å²) < 4.78 is 25.1. The molecule has 5 nitrogen and oxygen atoms in total. The number of amides is 1. The van der Waals surface area contributed by atoms with E-state index in [2.05, 4.69) is 5.32 Å². The maximum Gasteiger partial charge on any atom is 0.251 e. The third kappa shape index (κ3) is 6.16. The summed E-state index contributed by atoms with van der Waals surface area (Å²) in [6, 6.07) is 15.1. The summed E-state index contributed by atoms with van der Waals surface area (Å²) in [5.41, 5.74) is 6.56. The van der Waals surface area contributed by atoms with Gasteiger partial charge in [-0.25, -0.2) is 8.42 Å². The van der Waals surface area contributed by atoms with Gasteiger partial charge in [0.15, 0.2) is 9.84 Å². The fourth-order valence-electron chi connectivity index (χ4n) is 2.16. The molecule has 0 aromatic heterocycles. The number of sulfone groups is 1. The number of halogens is 1. The smallest absolute Gasteiger partial charge is 0.251 e. The molecule has 0 aliphatic heterocycles. The molecule has 1 atom stereocenters. The lowest BCUT2D eigenvalue weighted by molar-refractivity contribution is 0.0948. The van der Waals surface area contributed by atoms with Crippen LogP contribution in [-0.2, 0) is 15.6 Å². The number of nitrogens with one attached hydrogen (secondary N) is 1. The number of carbonyl (C=O) groups excluding carboxylic acids is 1. The van der Waals surface area contributed by atoms with Crippen LogP contribution in [0, 0.1) is 5.92 Å². The highest BCUT2D eigenvalue weighted by Crippen LogP contribution is 2.17. The molecular weight excluding hydrogens is 360 g/mol. The van der Waals surface area contributed by atoms with Gasteiger partial charge in [-0.15, -0.1) is 12.4 Å². The Balaban J connectivity index is 0.00000312. The number of rotatable bonds is 7. The van der Waals surface area contributed by atoms with E-state index in [-0.39, 0.29) is 34.9 Å². The molecule has 0 aliphatic carbocycles. The molecular formula is C18H23ClN2O3S. The number of hydrogen-bond acceptors (Lipinski definition) is 4. The Hall–Kier alpha value is -1.89. The molecule has 0 radical (unpaired) electrons. The van der Waals surface area contributed by atoms with Crippen molar-refractivity contribution in [2.75, 3.05) is 13.1 Å². The number of benzene rings is 2. The Morgan fingerprint density at radius 2 is 1.80 bits per heavy atom. The van der Waals surface area contributed by atoms with Gasteiger partial charge in [0.1, 0.15) is 0 Å². The number of carbonyl (C=O) groups is 1. The highest BCUT2D eigenvalue weighted by atomic mass is 35.5. The Labute approximate surface area is 155 Å². The normalized spacial score (nSPS) is 12.1. The Morgan fingerprint density at radius 3 is 2.44 bits per heavy atom. The van der Waals surface area contributed by atoms with Gasteiger partial charge in [-0.05, 0) is 36.2 Å². The topological polar surface area (TPSA) is 89.3 Å². The van der Waals surface area contributed by atoms with Crippen molar-refractivity contribution in [2.45, 2.75) is 17.6 Å². The molecule has 1 amide bonds. The highest BCUT2D eigenvalue weighted by molar-refractivity contribution is 7.90. The van der Waals surface area contributed by atoms with E-state index in [1.165, 1.54) is 12.1 Å². The molecule has 1 unspecified atom stereocenters. The van der Waals surface area contributed by atoms with Gasteiger partial charge in [-0.2, -0.15) is 0 Å². The van der Waals surface area contributed by atoms with Gasteiger partial charge in [-0.3, -0.25) is 4.79 Å². The molecule has 3 N–H and O–H groups in total. The van der Waals surface area contributed by atoms with Gasteiger partial charge in [0.05, 0.1) is 10.6 Å². The summed E-state index contributed by atoms with van der Waals surface area (Å²) in [5, 5.41) is 2.76. The van der Waals surface area contributed by atoms with E-state index in [9.17, 15) is 13.2 Å². The minimum absolute atomic E-state index is 0. The SMILES string of the molecule is CC(CN)CNC(=O)c1cccc(S(=O)(=O)Cc2ccccc2)c1.Cl. The Kier molecular flexibility index (Phi) is 8.09. The predicted octanol–water partition coefficient (Wildman–Crippen LogP) is 2.41. The quantitative estimate of drug-likeness (QED) is 0.769. The fourth-order valence-corrected chi connectivity index (χ4v) is 3.55. The molecule has 7 heteroatoms. The Bertz CT molecular complexity index is 795. The maximum absolute atomic E-state index is 12.5. The first kappa shape index (κ1) is 21.2. The largest absolute Gasteiger partial charge is 0.352 e. The predicted molar refractivity (Wildman–Crippen MR) is 102 cm³/mol. The van der Waals surface area contributed by atoms with Crippen molar-refractivity contribution in [3.8, 4) is 0 Å². The molecule has 0 bridgehead atoms. The van der Waals surface area contributed by atoms with E-state index in [4.69, 9.17) is 5.73 Å². The molecule has 0 saturated carbocycles. The lowest BCUT2D eigenvalue weighted by Gasteiger charge is -2.11. The van der Waals surface area contributed by atoms with Crippen LogP contribution in [0.1, 0.15) is 22.8 Å². The van der Waals surface area contributed by atoms with E-state index in [1.807, 2.05) is 13.0 Å². The molecule has 0 spiro atoms. The van der Waals surface area contributed by atoms with Crippen LogP contribution in [0.4, 0.5) is 0 Å². The van der Waals surface area contributed by atoms with Gasteiger partial charge in [0.25, 0.3) is 5.91 Å². The van der Waals surface area contributed by atoms with Crippen molar-refractivity contribution < 1.29 is 13.2 Å². The van der Waals surface area contributed by atoms with Crippen LogP contribution < -0.4 is 11.1 Å². The number of nitrogens with two attached hydrogens (primary N) is 1. The van der Waals surface area contributed by atoms with Crippen LogP contribution in [0.15, 0.2) is 59.5 Å². The minimum Gasteiger partial charge on any atom is -0.352 e. The standard InChI is InChI=1S/C18H22N2O3S.ClH/c1-14(11-19)12-20-18(21)16-8-5-9-17(10-16)24(22,23)13-15-6-3-2-4-7-15;/h2-10,14H,11-13,19H2,1H3,(H,20,21);1H. The molecule has 25 heavy (non-hydrogen) atoms. The molecule has 2 aromatic rings. The van der Waals surface area contributed by atoms with E-state index >= 15 is 0 Å². The third-order valence-corrected chi connectivity index (χ3v) is 5.35. The van der Waals surface area contributed by atoms with Crippen LogP contribution in [0.25, 0.3) is 0 Å². The summed E-state index contributed by atoms with van der Waals surface area (Å²) in [4.78, 5) is 12.3. The van der Waals surface area contributed by atoms with Gasteiger partial charge >= 0.3 is 0 Å². The first-order chi connectivity index (χ1) is 11.4. The van der Waals surface area contributed by atoms with Crippen molar-refractivity contribution in [3.63, 3.8) is 0 Å². The summed E-state index contributed by atoms with van der Waals surface area (Å²) in [7, 11) is -3.51. The van der Waals surface area contributed by atoms with Crippen molar-refractivity contribution in [1.29, 1.82) is 0 Å². The average Bonchev–Trinajstić information content (AvgIpc) is 2.60. The zero-order chi connectivity index (χ0) is 17.6. The van der Waals surface area contributed by atoms with Crippen molar-refractivity contribution in [3.05, 3.63) is 65.7 Å². The summed E-state index contributed by atoms with van der Waals surface area (Å²) in [6.45, 7) is 2.86. The molecule has 2 rings (SSSR count). The zero-order valence-corrected chi connectivity index (χ0v) is 15.6. The second kappa shape index (κ2) is 9.56. The molecule has 0 heterocycles. The van der Waals surface area contributed by atoms with Crippen LogP contribution in [-0.4, -0.2) is 27.4 Å². The van der Waals surface area contributed by atoms with Crippen LogP contribution >= 0.6 is 12.4 Å². The monoisotopic (exact) mass is 382 g/mol. The van der Waals surface area contributed by atoms with E-state index in [0.717, 1.165) is 0 Å².